The number of imide groups is 1. The molecule has 0 saturated heterocycles. The maximum absolute atomic E-state index is 11.9. The molecular formula is C12H14N2O2. The molecule has 84 valence electrons. The molecule has 1 aliphatic rings. The van der Waals surface area contributed by atoms with E-state index in [0.717, 1.165) is 16.0 Å². The number of hydrogen-bond acceptors (Lipinski definition) is 3. The average molecular weight is 218 g/mol. The van der Waals surface area contributed by atoms with Crippen molar-refractivity contribution in [2.45, 2.75) is 19.4 Å². The van der Waals surface area contributed by atoms with Crippen molar-refractivity contribution in [2.75, 3.05) is 7.05 Å². The van der Waals surface area contributed by atoms with Crippen LogP contribution in [-0.4, -0.2) is 23.8 Å². The summed E-state index contributed by atoms with van der Waals surface area (Å²) in [4.78, 5) is 24.5. The van der Waals surface area contributed by atoms with Crippen LogP contribution in [0.1, 0.15) is 34.5 Å². The fraction of sp³-hybridized carbons (Fsp3) is 0.333. The summed E-state index contributed by atoms with van der Waals surface area (Å²) < 4.78 is 0. The Morgan fingerprint density at radius 2 is 2.06 bits per heavy atom. The number of likely N-dealkylation sites (N-methyl/N-ethyl adjacent to an activating group) is 1. The molecular weight excluding hydrogens is 204 g/mol. The number of amides is 2. The molecule has 2 amide bonds. The van der Waals surface area contributed by atoms with Crippen LogP contribution in [0, 0.1) is 0 Å². The number of rotatable bonds is 1. The summed E-state index contributed by atoms with van der Waals surface area (Å²) in [6.07, 6.45) is 0.288. The van der Waals surface area contributed by atoms with Gasteiger partial charge in [-0.15, -0.1) is 0 Å². The Morgan fingerprint density at radius 3 is 2.69 bits per heavy atom. The Labute approximate surface area is 94.0 Å². The van der Waals surface area contributed by atoms with Gasteiger partial charge in [-0.25, -0.2) is 0 Å². The van der Waals surface area contributed by atoms with Crippen molar-refractivity contribution in [2.24, 2.45) is 5.73 Å². The minimum absolute atomic E-state index is 0.110. The lowest BCUT2D eigenvalue weighted by Crippen LogP contribution is -2.39. The number of hydrogen-bond donors (Lipinski definition) is 1. The van der Waals surface area contributed by atoms with E-state index in [-0.39, 0.29) is 24.3 Å². The molecule has 0 aromatic heterocycles. The number of carbonyl (C=O) groups excluding carboxylic acids is 2. The van der Waals surface area contributed by atoms with Gasteiger partial charge in [-0.3, -0.25) is 14.5 Å². The van der Waals surface area contributed by atoms with Crippen molar-refractivity contribution in [3.63, 3.8) is 0 Å². The lowest BCUT2D eigenvalue weighted by Gasteiger charge is -2.23. The van der Waals surface area contributed by atoms with Crippen LogP contribution in [0.3, 0.4) is 0 Å². The topological polar surface area (TPSA) is 63.4 Å². The highest BCUT2D eigenvalue weighted by atomic mass is 16.2. The highest BCUT2D eigenvalue weighted by molar-refractivity contribution is 6.09. The Morgan fingerprint density at radius 1 is 1.38 bits per heavy atom. The van der Waals surface area contributed by atoms with E-state index in [0.29, 0.717) is 5.56 Å². The van der Waals surface area contributed by atoms with Crippen LogP contribution in [0.15, 0.2) is 18.2 Å². The second-order valence-electron chi connectivity index (χ2n) is 4.14. The van der Waals surface area contributed by atoms with Gasteiger partial charge in [-0.05, 0) is 24.1 Å². The number of fused-ring (bicyclic) bond motifs is 1. The number of carbonyl (C=O) groups is 2. The van der Waals surface area contributed by atoms with Crippen LogP contribution in [0.25, 0.3) is 0 Å². The van der Waals surface area contributed by atoms with Crippen LogP contribution in [0.4, 0.5) is 0 Å². The van der Waals surface area contributed by atoms with Crippen LogP contribution < -0.4 is 5.73 Å². The normalized spacial score (nSPS) is 17.3. The molecule has 0 spiro atoms. The van der Waals surface area contributed by atoms with Crippen molar-refractivity contribution in [3.05, 3.63) is 34.9 Å². The third-order valence-electron chi connectivity index (χ3n) is 2.91. The van der Waals surface area contributed by atoms with Gasteiger partial charge in [0.15, 0.2) is 0 Å². The molecule has 0 fully saturated rings. The SMILES string of the molecule is C[C@@H](N)c1ccc2c(c1)C(=O)N(C)C(=O)C2. The molecule has 2 rings (SSSR count). The summed E-state index contributed by atoms with van der Waals surface area (Å²) in [5.74, 6) is -0.403. The fourth-order valence-electron chi connectivity index (χ4n) is 1.81. The maximum atomic E-state index is 11.9. The summed E-state index contributed by atoms with van der Waals surface area (Å²) in [6, 6.07) is 5.36. The van der Waals surface area contributed by atoms with E-state index < -0.39 is 0 Å². The van der Waals surface area contributed by atoms with E-state index in [1.807, 2.05) is 19.1 Å². The Balaban J connectivity index is 2.51. The fourth-order valence-corrected chi connectivity index (χ4v) is 1.81. The third-order valence-corrected chi connectivity index (χ3v) is 2.91. The smallest absolute Gasteiger partial charge is 0.260 e. The monoisotopic (exact) mass is 218 g/mol. The number of nitrogens with two attached hydrogens (primary N) is 1. The predicted molar refractivity (Wildman–Crippen MR) is 59.8 cm³/mol. The average Bonchev–Trinajstić information content (AvgIpc) is 2.25. The summed E-state index contributed by atoms with van der Waals surface area (Å²) >= 11 is 0. The highest BCUT2D eigenvalue weighted by Crippen LogP contribution is 2.22. The molecule has 2 N–H and O–H groups in total. The maximum Gasteiger partial charge on any atom is 0.260 e. The molecule has 1 heterocycles. The molecule has 4 nitrogen and oxygen atoms in total. The van der Waals surface area contributed by atoms with Gasteiger partial charge in [0.25, 0.3) is 5.91 Å². The molecule has 16 heavy (non-hydrogen) atoms. The van der Waals surface area contributed by atoms with Crippen LogP contribution in [-0.2, 0) is 11.2 Å². The van der Waals surface area contributed by atoms with Gasteiger partial charge in [0.2, 0.25) is 5.91 Å². The molecule has 4 heteroatoms. The van der Waals surface area contributed by atoms with Gasteiger partial charge >= 0.3 is 0 Å². The van der Waals surface area contributed by atoms with Crippen molar-refractivity contribution in [1.29, 1.82) is 0 Å². The predicted octanol–water partition coefficient (Wildman–Crippen LogP) is 0.861. The zero-order chi connectivity index (χ0) is 11.9. The summed E-state index contributed by atoms with van der Waals surface area (Å²) in [5, 5.41) is 0. The first-order chi connectivity index (χ1) is 7.50. The zero-order valence-electron chi connectivity index (χ0n) is 9.36. The molecule has 0 bridgehead atoms. The van der Waals surface area contributed by atoms with Crippen LogP contribution in [0.5, 0.6) is 0 Å². The minimum atomic E-state index is -0.242. The molecule has 1 aliphatic heterocycles. The summed E-state index contributed by atoms with van der Waals surface area (Å²) in [7, 11) is 1.51. The second kappa shape index (κ2) is 3.72. The lowest BCUT2D eigenvalue weighted by molar-refractivity contribution is -0.127. The molecule has 1 aromatic carbocycles. The van der Waals surface area contributed by atoms with Crippen molar-refractivity contribution < 1.29 is 9.59 Å². The van der Waals surface area contributed by atoms with E-state index in [2.05, 4.69) is 0 Å². The van der Waals surface area contributed by atoms with Gasteiger partial charge in [0.05, 0.1) is 6.42 Å². The van der Waals surface area contributed by atoms with Crippen LogP contribution >= 0.6 is 0 Å². The summed E-state index contributed by atoms with van der Waals surface area (Å²) in [6.45, 7) is 1.86. The van der Waals surface area contributed by atoms with Crippen LogP contribution in [0.2, 0.25) is 0 Å². The van der Waals surface area contributed by atoms with E-state index in [1.54, 1.807) is 6.07 Å². The zero-order valence-corrected chi connectivity index (χ0v) is 9.36. The molecule has 0 radical (unpaired) electrons. The van der Waals surface area contributed by atoms with Gasteiger partial charge in [-0.2, -0.15) is 0 Å². The second-order valence-corrected chi connectivity index (χ2v) is 4.14. The number of nitrogens with zero attached hydrogens (tertiary/aromatic N) is 1. The highest BCUT2D eigenvalue weighted by Gasteiger charge is 2.28. The van der Waals surface area contributed by atoms with E-state index in [9.17, 15) is 9.59 Å². The Bertz CT molecular complexity index is 466. The first-order valence-electron chi connectivity index (χ1n) is 5.20. The first kappa shape index (κ1) is 10.8. The molecule has 0 saturated carbocycles. The molecule has 0 aliphatic carbocycles. The first-order valence-corrected chi connectivity index (χ1v) is 5.20. The van der Waals surface area contributed by atoms with Gasteiger partial charge in [0.1, 0.15) is 0 Å². The Hall–Kier alpha value is -1.68. The van der Waals surface area contributed by atoms with Crippen molar-refractivity contribution in [3.8, 4) is 0 Å². The summed E-state index contributed by atoms with van der Waals surface area (Å²) in [5.41, 5.74) is 8.06. The van der Waals surface area contributed by atoms with E-state index in [4.69, 9.17) is 5.73 Å². The molecule has 1 aromatic rings. The van der Waals surface area contributed by atoms with Crippen molar-refractivity contribution >= 4 is 11.8 Å². The standard InChI is InChI=1S/C12H14N2O2/c1-7(13)8-3-4-9-6-11(15)14(2)12(16)10(9)5-8/h3-5,7H,6,13H2,1-2H3/t7-/m1/s1. The van der Waals surface area contributed by atoms with Gasteiger partial charge < -0.3 is 5.73 Å². The van der Waals surface area contributed by atoms with Gasteiger partial charge in [0, 0.05) is 18.7 Å². The van der Waals surface area contributed by atoms with E-state index in [1.165, 1.54) is 7.05 Å². The molecule has 1 atom stereocenters. The number of benzene rings is 1. The van der Waals surface area contributed by atoms with E-state index >= 15 is 0 Å². The molecule has 0 unspecified atom stereocenters. The lowest BCUT2D eigenvalue weighted by atomic mass is 9.95. The third kappa shape index (κ3) is 1.61. The van der Waals surface area contributed by atoms with Gasteiger partial charge in [-0.1, -0.05) is 12.1 Å². The quantitative estimate of drug-likeness (QED) is 0.711. The largest absolute Gasteiger partial charge is 0.324 e. The minimum Gasteiger partial charge on any atom is -0.324 e. The van der Waals surface area contributed by atoms with Crippen molar-refractivity contribution in [1.82, 2.24) is 4.90 Å². The Kier molecular flexibility index (Phi) is 2.52.